The molecule has 0 saturated carbocycles. The molecule has 2 aliphatic heterocycles. The predicted octanol–water partition coefficient (Wildman–Crippen LogP) is 20.0. The second-order valence-electron chi connectivity index (χ2n) is 30.7. The van der Waals surface area contributed by atoms with Crippen molar-refractivity contribution in [3.05, 3.63) is 12.2 Å². The summed E-state index contributed by atoms with van der Waals surface area (Å²) in [6.07, 6.45) is 71.8. The molecule has 2 rings (SSSR count). The van der Waals surface area contributed by atoms with Gasteiger partial charge in [-0.25, -0.2) is 0 Å². The lowest BCUT2D eigenvalue weighted by atomic mass is 9.97. The van der Waals surface area contributed by atoms with Gasteiger partial charge >= 0.3 is 0 Å². The van der Waals surface area contributed by atoms with Crippen molar-refractivity contribution in [2.45, 2.75) is 498 Å². The molecule has 2 saturated heterocycles. The van der Waals surface area contributed by atoms with Crippen molar-refractivity contribution in [2.24, 2.45) is 0 Å². The highest BCUT2D eigenvalue weighted by Gasteiger charge is 2.51. The third-order valence-corrected chi connectivity index (χ3v) is 21.5. The molecule has 0 aromatic heterocycles. The summed E-state index contributed by atoms with van der Waals surface area (Å²) in [6.45, 7) is 2.89. The lowest BCUT2D eigenvalue weighted by molar-refractivity contribution is -0.359. The molecule has 12 atom stereocenters. The van der Waals surface area contributed by atoms with E-state index in [2.05, 4.69) is 19.2 Å². The van der Waals surface area contributed by atoms with E-state index in [-0.39, 0.29) is 18.9 Å². The Morgan fingerprint density at radius 3 is 0.939 bits per heavy atom. The molecule has 14 heteroatoms. The fourth-order valence-corrected chi connectivity index (χ4v) is 14.7. The molecule has 0 aromatic carbocycles. The molecule has 0 aromatic rings. The Labute approximate surface area is 603 Å². The minimum atomic E-state index is -1.79. The van der Waals surface area contributed by atoms with Crippen molar-refractivity contribution in [3.63, 3.8) is 0 Å². The number of aliphatic hydroxyl groups excluding tert-OH is 8. The van der Waals surface area contributed by atoms with Crippen molar-refractivity contribution in [2.75, 3.05) is 19.8 Å². The van der Waals surface area contributed by atoms with E-state index in [0.29, 0.717) is 0 Å². The van der Waals surface area contributed by atoms with Gasteiger partial charge in [0.1, 0.15) is 48.8 Å². The van der Waals surface area contributed by atoms with Crippen LogP contribution in [0, 0.1) is 0 Å². The van der Waals surface area contributed by atoms with Crippen molar-refractivity contribution < 1.29 is 64.6 Å². The molecule has 98 heavy (non-hydrogen) atoms. The number of rotatable bonds is 74. The minimum absolute atomic E-state index is 0.228. The molecular weight excluding hydrogens is 1230 g/mol. The van der Waals surface area contributed by atoms with Gasteiger partial charge in [0.15, 0.2) is 12.6 Å². The zero-order chi connectivity index (χ0) is 70.8. The number of hydrogen-bond donors (Lipinski definition) is 9. The standard InChI is InChI=1S/C84H163NO13/c1-3-5-7-9-11-13-15-17-19-21-23-25-27-29-31-33-34-35-36-37-38-40-42-44-46-48-50-52-54-56-58-60-62-64-66-68-76(89)85-72(71-95-83-81(94)79(92)82(75(70-87)97-83)98-84-80(93)78(91)77(90)74(69-86)96-84)73(88)67-65-63-61-59-57-55-53-51-49-47-45-43-41-39-32-30-28-26-24-22-20-18-16-14-12-10-8-6-4-2/h65,67,72-75,77-84,86-88,90-94H,3-64,66,68-71H2,1-2H3,(H,85,89)/b67-65+. The number of aliphatic hydroxyl groups is 8. The van der Waals surface area contributed by atoms with Crippen molar-refractivity contribution in [3.8, 4) is 0 Å². The highest BCUT2D eigenvalue weighted by Crippen LogP contribution is 2.31. The molecule has 14 nitrogen and oxygen atoms in total. The number of ether oxygens (including phenoxy) is 4. The first-order valence-electron chi connectivity index (χ1n) is 42.9. The number of allylic oxidation sites excluding steroid dienone is 1. The number of carbonyl (C=O) groups is 1. The first-order chi connectivity index (χ1) is 48.1. The van der Waals surface area contributed by atoms with Crippen LogP contribution in [-0.4, -0.2) is 140 Å². The third kappa shape index (κ3) is 51.0. The fourth-order valence-electron chi connectivity index (χ4n) is 14.7. The zero-order valence-electron chi connectivity index (χ0n) is 64.1. The maximum atomic E-state index is 13.4. The van der Waals surface area contributed by atoms with Gasteiger partial charge < -0.3 is 65.1 Å². The van der Waals surface area contributed by atoms with E-state index < -0.39 is 86.8 Å². The SMILES string of the molecule is CCCCCCCCCCCCCCCCCCCCCCCCCCCCC/C=C/C(O)C(COC1OC(CO)C(OC2OC(CO)C(O)C(O)C2O)C(O)C1O)NC(=O)CCCCCCCCCCCCCCCCCCCCCCCCCCCCCCCCCCCCC. The summed E-state index contributed by atoms with van der Waals surface area (Å²) in [6, 6.07) is -0.913. The van der Waals surface area contributed by atoms with E-state index in [1.807, 2.05) is 6.08 Å². The summed E-state index contributed by atoms with van der Waals surface area (Å²) in [4.78, 5) is 13.4. The van der Waals surface area contributed by atoms with Crippen LogP contribution in [-0.2, 0) is 23.7 Å². The monoisotopic (exact) mass is 1390 g/mol. The van der Waals surface area contributed by atoms with Crippen LogP contribution in [0.3, 0.4) is 0 Å². The molecule has 2 aliphatic rings. The molecule has 2 heterocycles. The van der Waals surface area contributed by atoms with Crippen LogP contribution in [0.4, 0.5) is 0 Å². The maximum Gasteiger partial charge on any atom is 0.220 e. The van der Waals surface area contributed by atoms with Crippen molar-refractivity contribution in [1.82, 2.24) is 5.32 Å². The quantitative estimate of drug-likeness (QED) is 0.0204. The number of amides is 1. The number of unbranched alkanes of at least 4 members (excludes halogenated alkanes) is 61. The van der Waals surface area contributed by atoms with E-state index in [0.717, 1.165) is 44.9 Å². The van der Waals surface area contributed by atoms with Crippen LogP contribution < -0.4 is 5.32 Å². The molecule has 9 N–H and O–H groups in total. The summed E-state index contributed by atoms with van der Waals surface area (Å²) in [7, 11) is 0. The molecule has 12 unspecified atom stereocenters. The second kappa shape index (κ2) is 68.8. The Morgan fingerprint density at radius 1 is 0.357 bits per heavy atom. The van der Waals surface area contributed by atoms with E-state index >= 15 is 0 Å². The van der Waals surface area contributed by atoms with Crippen LogP contribution in [0.25, 0.3) is 0 Å². The molecule has 2 fully saturated rings. The average Bonchev–Trinajstić information content (AvgIpc) is 0.792. The average molecular weight is 1400 g/mol. The Hall–Kier alpha value is -1.27. The van der Waals surface area contributed by atoms with E-state index in [1.165, 1.54) is 360 Å². The van der Waals surface area contributed by atoms with Crippen molar-refractivity contribution in [1.29, 1.82) is 0 Å². The van der Waals surface area contributed by atoms with E-state index in [9.17, 15) is 45.6 Å². The van der Waals surface area contributed by atoms with Crippen LogP contribution in [0.15, 0.2) is 12.2 Å². The van der Waals surface area contributed by atoms with Gasteiger partial charge in [-0.15, -0.1) is 0 Å². The van der Waals surface area contributed by atoms with Gasteiger partial charge in [-0.2, -0.15) is 0 Å². The third-order valence-electron chi connectivity index (χ3n) is 21.5. The van der Waals surface area contributed by atoms with Crippen molar-refractivity contribution >= 4 is 5.91 Å². The van der Waals surface area contributed by atoms with Gasteiger partial charge in [-0.1, -0.05) is 411 Å². The normalized spacial score (nSPS) is 22.0. The number of nitrogens with one attached hydrogen (secondary N) is 1. The first kappa shape index (κ1) is 92.8. The van der Waals surface area contributed by atoms with Gasteiger partial charge in [0.2, 0.25) is 5.91 Å². The van der Waals surface area contributed by atoms with Crippen LogP contribution in [0.2, 0.25) is 0 Å². The summed E-state index contributed by atoms with van der Waals surface area (Å²) < 4.78 is 23.0. The minimum Gasteiger partial charge on any atom is -0.394 e. The Bertz CT molecular complexity index is 1690. The molecule has 0 bridgehead atoms. The Kier molecular flexibility index (Phi) is 65.2. The van der Waals surface area contributed by atoms with E-state index in [1.54, 1.807) is 6.08 Å². The van der Waals surface area contributed by atoms with Gasteiger partial charge in [-0.3, -0.25) is 4.79 Å². The number of hydrogen-bond acceptors (Lipinski definition) is 13. The highest BCUT2D eigenvalue weighted by atomic mass is 16.7. The topological polar surface area (TPSA) is 228 Å². The largest absolute Gasteiger partial charge is 0.394 e. The molecule has 0 aliphatic carbocycles. The summed E-state index contributed by atoms with van der Waals surface area (Å²) in [5.74, 6) is -0.228. The van der Waals surface area contributed by atoms with Crippen LogP contribution in [0.5, 0.6) is 0 Å². The van der Waals surface area contributed by atoms with Gasteiger partial charge in [-0.05, 0) is 19.3 Å². The fraction of sp³-hybridized carbons (Fsp3) is 0.964. The molecule has 1 amide bonds. The van der Waals surface area contributed by atoms with Crippen LogP contribution in [0.1, 0.15) is 425 Å². The second-order valence-corrected chi connectivity index (χ2v) is 30.7. The Balaban J connectivity index is 1.58. The maximum absolute atomic E-state index is 13.4. The molecular formula is C84H163NO13. The lowest BCUT2D eigenvalue weighted by Crippen LogP contribution is -2.65. The first-order valence-corrected chi connectivity index (χ1v) is 42.9. The molecule has 582 valence electrons. The van der Waals surface area contributed by atoms with Gasteiger partial charge in [0.25, 0.3) is 0 Å². The summed E-state index contributed by atoms with van der Waals surface area (Å²) in [5.41, 5.74) is 0. The highest BCUT2D eigenvalue weighted by molar-refractivity contribution is 5.76. The smallest absolute Gasteiger partial charge is 0.220 e. The van der Waals surface area contributed by atoms with E-state index in [4.69, 9.17) is 18.9 Å². The zero-order valence-corrected chi connectivity index (χ0v) is 64.1. The molecule has 0 radical (unpaired) electrons. The van der Waals surface area contributed by atoms with Gasteiger partial charge in [0, 0.05) is 6.42 Å². The number of carbonyl (C=O) groups excluding carboxylic acids is 1. The lowest BCUT2D eigenvalue weighted by Gasteiger charge is -2.46. The van der Waals surface area contributed by atoms with Gasteiger partial charge in [0.05, 0.1) is 32.0 Å². The predicted molar refractivity (Wildman–Crippen MR) is 406 cm³/mol. The Morgan fingerprint density at radius 2 is 0.633 bits per heavy atom. The van der Waals surface area contributed by atoms with Crippen LogP contribution >= 0.6 is 0 Å². The summed E-state index contributed by atoms with van der Waals surface area (Å²) in [5, 5.41) is 87.8. The summed E-state index contributed by atoms with van der Waals surface area (Å²) >= 11 is 0. The molecule has 0 spiro atoms.